The van der Waals surface area contributed by atoms with Crippen LogP contribution in [0.3, 0.4) is 0 Å². The fourth-order valence-electron chi connectivity index (χ4n) is 4.05. The van der Waals surface area contributed by atoms with Gasteiger partial charge in [0.2, 0.25) is 0 Å². The Morgan fingerprint density at radius 1 is 1.12 bits per heavy atom. The van der Waals surface area contributed by atoms with Gasteiger partial charge in [-0.1, -0.05) is 13.3 Å². The van der Waals surface area contributed by atoms with Crippen molar-refractivity contribution in [3.8, 4) is 5.75 Å². The van der Waals surface area contributed by atoms with Crippen LogP contribution in [0.15, 0.2) is 24.3 Å². The quantitative estimate of drug-likeness (QED) is 0.861. The van der Waals surface area contributed by atoms with Gasteiger partial charge in [0.25, 0.3) is 5.91 Å². The highest BCUT2D eigenvalue weighted by molar-refractivity contribution is 5.97. The molecule has 0 spiro atoms. The maximum Gasteiger partial charge on any atom is 0.256 e. The predicted octanol–water partition coefficient (Wildman–Crippen LogP) is 4.54. The molecule has 0 bridgehead atoms. The molecule has 0 unspecified atom stereocenters. The lowest BCUT2D eigenvalue weighted by Crippen LogP contribution is -2.47. The number of carbonyl (C=O) groups is 1. The van der Waals surface area contributed by atoms with Gasteiger partial charge in [-0.2, -0.15) is 0 Å². The molecule has 3 rings (SSSR count). The molecule has 0 aromatic heterocycles. The topological polar surface area (TPSA) is 47.6 Å². The van der Waals surface area contributed by atoms with E-state index in [1.807, 2.05) is 24.3 Å². The summed E-state index contributed by atoms with van der Waals surface area (Å²) in [5.74, 6) is 1.38. The van der Waals surface area contributed by atoms with E-state index in [1.165, 1.54) is 19.3 Å². The maximum atomic E-state index is 12.8. The second kappa shape index (κ2) is 7.56. The van der Waals surface area contributed by atoms with Gasteiger partial charge in [0.1, 0.15) is 11.4 Å². The van der Waals surface area contributed by atoms with E-state index in [0.29, 0.717) is 12.0 Å². The highest BCUT2D eigenvalue weighted by atomic mass is 16.5. The van der Waals surface area contributed by atoms with Crippen LogP contribution in [0, 0.1) is 5.92 Å². The molecule has 2 aliphatic carbocycles. The molecule has 4 heteroatoms. The summed E-state index contributed by atoms with van der Waals surface area (Å²) in [7, 11) is 1.65. The number of anilines is 1. The first-order valence-corrected chi connectivity index (χ1v) is 9.25. The molecule has 0 radical (unpaired) electrons. The first-order chi connectivity index (χ1) is 11.6. The van der Waals surface area contributed by atoms with Crippen LogP contribution in [0.25, 0.3) is 0 Å². The molecule has 1 aromatic rings. The Bertz CT molecular complexity index is 551. The molecule has 4 nitrogen and oxygen atoms in total. The monoisotopic (exact) mass is 331 g/mol. The van der Waals surface area contributed by atoms with Gasteiger partial charge in [-0.3, -0.25) is 4.79 Å². The van der Waals surface area contributed by atoms with Crippen molar-refractivity contribution in [2.75, 3.05) is 12.4 Å². The van der Waals surface area contributed by atoms with Crippen LogP contribution in [0.1, 0.15) is 58.3 Å². The average Bonchev–Trinajstić information content (AvgIpc) is 3.09. The van der Waals surface area contributed by atoms with Crippen LogP contribution in [0.2, 0.25) is 0 Å². The molecule has 0 aliphatic heterocycles. The molecule has 24 heavy (non-hydrogen) atoms. The van der Waals surface area contributed by atoms with Crippen molar-refractivity contribution >= 4 is 11.6 Å². The predicted molar refractivity (Wildman–Crippen MR) is 95.3 cm³/mol. The number of nitrogens with one attached hydrogen (secondary N) is 1. The minimum Gasteiger partial charge on any atom is -0.490 e. The fourth-order valence-corrected chi connectivity index (χ4v) is 4.05. The average molecular weight is 331 g/mol. The van der Waals surface area contributed by atoms with Gasteiger partial charge in [-0.25, -0.2) is 0 Å². The van der Waals surface area contributed by atoms with Gasteiger partial charge >= 0.3 is 0 Å². The lowest BCUT2D eigenvalue weighted by Gasteiger charge is -2.37. The van der Waals surface area contributed by atoms with Crippen molar-refractivity contribution in [3.05, 3.63) is 24.3 Å². The van der Waals surface area contributed by atoms with Gasteiger partial charge in [-0.05, 0) is 75.1 Å². The van der Waals surface area contributed by atoms with Crippen LogP contribution in [0.5, 0.6) is 5.75 Å². The highest BCUT2D eigenvalue weighted by Crippen LogP contribution is 2.36. The third-order valence-electron chi connectivity index (χ3n) is 5.48. The van der Waals surface area contributed by atoms with Crippen molar-refractivity contribution in [3.63, 3.8) is 0 Å². The van der Waals surface area contributed by atoms with Gasteiger partial charge in [0.05, 0.1) is 6.10 Å². The Morgan fingerprint density at radius 3 is 2.46 bits per heavy atom. The standard InChI is InChI=1S/C20H29NO3/c1-15-6-5-13-20(14-15,23-2)19(22)21-16-9-11-18(12-10-16)24-17-7-3-4-8-17/h9-12,15,17H,3-8,13-14H2,1-2H3,(H,21,22)/t15-,20+/m1/s1. The molecule has 1 amide bonds. The normalized spacial score (nSPS) is 27.8. The summed E-state index contributed by atoms with van der Waals surface area (Å²) in [5, 5.41) is 3.03. The molecule has 0 heterocycles. The smallest absolute Gasteiger partial charge is 0.256 e. The molecular weight excluding hydrogens is 302 g/mol. The molecule has 132 valence electrons. The van der Waals surface area contributed by atoms with E-state index in [-0.39, 0.29) is 5.91 Å². The van der Waals surface area contributed by atoms with Crippen molar-refractivity contribution < 1.29 is 14.3 Å². The van der Waals surface area contributed by atoms with E-state index in [9.17, 15) is 4.79 Å². The Kier molecular flexibility index (Phi) is 5.44. The molecule has 0 saturated heterocycles. The number of carbonyl (C=O) groups excluding carboxylic acids is 1. The number of amides is 1. The van der Waals surface area contributed by atoms with Crippen molar-refractivity contribution in [1.82, 2.24) is 0 Å². The summed E-state index contributed by atoms with van der Waals surface area (Å²) >= 11 is 0. The molecule has 1 aromatic carbocycles. The van der Waals surface area contributed by atoms with E-state index in [2.05, 4.69) is 12.2 Å². The largest absolute Gasteiger partial charge is 0.490 e. The summed E-state index contributed by atoms with van der Waals surface area (Å²) in [6, 6.07) is 7.71. The van der Waals surface area contributed by atoms with E-state index in [0.717, 1.165) is 43.5 Å². The minimum absolute atomic E-state index is 0.0268. The highest BCUT2D eigenvalue weighted by Gasteiger charge is 2.41. The van der Waals surface area contributed by atoms with Crippen molar-refractivity contribution in [1.29, 1.82) is 0 Å². The first-order valence-electron chi connectivity index (χ1n) is 9.25. The first kappa shape index (κ1) is 17.3. The van der Waals surface area contributed by atoms with Crippen LogP contribution in [-0.4, -0.2) is 24.7 Å². The Morgan fingerprint density at radius 2 is 1.83 bits per heavy atom. The molecule has 1 N–H and O–H groups in total. The molecule has 2 saturated carbocycles. The third-order valence-corrected chi connectivity index (χ3v) is 5.48. The van der Waals surface area contributed by atoms with E-state index >= 15 is 0 Å². The van der Waals surface area contributed by atoms with Crippen LogP contribution in [-0.2, 0) is 9.53 Å². The summed E-state index contributed by atoms with van der Waals surface area (Å²) in [6.07, 6.45) is 8.96. The summed E-state index contributed by atoms with van der Waals surface area (Å²) < 4.78 is 11.6. The maximum absolute atomic E-state index is 12.8. The Hall–Kier alpha value is -1.55. The molecule has 2 fully saturated rings. The lowest BCUT2D eigenvalue weighted by molar-refractivity contribution is -0.143. The van der Waals surface area contributed by atoms with Gasteiger partial charge in [-0.15, -0.1) is 0 Å². The summed E-state index contributed by atoms with van der Waals surface area (Å²) in [4.78, 5) is 12.8. The zero-order valence-corrected chi connectivity index (χ0v) is 14.8. The number of hydrogen-bond acceptors (Lipinski definition) is 3. The number of hydrogen-bond donors (Lipinski definition) is 1. The Balaban J connectivity index is 1.61. The number of rotatable bonds is 5. The van der Waals surface area contributed by atoms with Gasteiger partial charge in [0, 0.05) is 12.8 Å². The van der Waals surface area contributed by atoms with Gasteiger partial charge < -0.3 is 14.8 Å². The van der Waals surface area contributed by atoms with Crippen molar-refractivity contribution in [2.24, 2.45) is 5.92 Å². The zero-order valence-electron chi connectivity index (χ0n) is 14.8. The summed E-state index contributed by atoms with van der Waals surface area (Å²) in [5.41, 5.74) is 0.116. The van der Waals surface area contributed by atoms with Gasteiger partial charge in [0.15, 0.2) is 0 Å². The number of benzene rings is 1. The van der Waals surface area contributed by atoms with Crippen molar-refractivity contribution in [2.45, 2.75) is 70.0 Å². The minimum atomic E-state index is -0.684. The summed E-state index contributed by atoms with van der Waals surface area (Å²) in [6.45, 7) is 2.19. The Labute approximate surface area is 144 Å². The van der Waals surface area contributed by atoms with Crippen LogP contribution >= 0.6 is 0 Å². The second-order valence-corrected chi connectivity index (χ2v) is 7.40. The lowest BCUT2D eigenvalue weighted by atomic mass is 9.78. The van der Waals surface area contributed by atoms with E-state index in [1.54, 1.807) is 7.11 Å². The van der Waals surface area contributed by atoms with Crippen LogP contribution in [0.4, 0.5) is 5.69 Å². The second-order valence-electron chi connectivity index (χ2n) is 7.40. The molecular formula is C20H29NO3. The van der Waals surface area contributed by atoms with E-state index < -0.39 is 5.60 Å². The third kappa shape index (κ3) is 3.92. The SMILES string of the molecule is CO[C@@]1(C(=O)Nc2ccc(OC3CCCC3)cc2)CCC[C@@H](C)C1. The number of methoxy groups -OCH3 is 1. The molecule has 2 atom stereocenters. The van der Waals surface area contributed by atoms with E-state index in [4.69, 9.17) is 9.47 Å². The molecule has 2 aliphatic rings. The van der Waals surface area contributed by atoms with Crippen LogP contribution < -0.4 is 10.1 Å². The number of ether oxygens (including phenoxy) is 2. The zero-order chi connectivity index (χ0) is 17.0. The fraction of sp³-hybridized carbons (Fsp3) is 0.650.